The van der Waals surface area contributed by atoms with Gasteiger partial charge in [-0.1, -0.05) is 6.42 Å². The lowest BCUT2D eigenvalue weighted by Crippen LogP contribution is -2.47. The summed E-state index contributed by atoms with van der Waals surface area (Å²) in [6, 6.07) is 5.82. The van der Waals surface area contributed by atoms with Crippen LogP contribution in [0.2, 0.25) is 0 Å². The Bertz CT molecular complexity index is 459. The number of amides is 1. The van der Waals surface area contributed by atoms with Crippen LogP contribution in [0.1, 0.15) is 42.1 Å². The lowest BCUT2D eigenvalue weighted by Gasteiger charge is -2.28. The number of aryl methyl sites for hydroxylation is 1. The molecule has 0 bridgehead atoms. The number of benzene rings is 1. The molecule has 2 unspecified atom stereocenters. The van der Waals surface area contributed by atoms with Crippen molar-refractivity contribution in [3.05, 3.63) is 29.3 Å². The lowest BCUT2D eigenvalue weighted by atomic mass is 9.99. The molecule has 1 saturated heterocycles. The summed E-state index contributed by atoms with van der Waals surface area (Å²) >= 11 is 0. The minimum Gasteiger partial charge on any atom is -0.508 e. The zero-order chi connectivity index (χ0) is 13.8. The Balaban J connectivity index is 1.88. The molecule has 1 fully saturated rings. The van der Waals surface area contributed by atoms with Crippen molar-refractivity contribution in [1.82, 2.24) is 10.6 Å². The minimum absolute atomic E-state index is 0.0804. The lowest BCUT2D eigenvalue weighted by molar-refractivity contribution is 0.0946. The summed E-state index contributed by atoms with van der Waals surface area (Å²) in [4.78, 5) is 12.0. The van der Waals surface area contributed by atoms with Gasteiger partial charge in [0.1, 0.15) is 5.75 Å². The average molecular weight is 262 g/mol. The molecule has 1 amide bonds. The van der Waals surface area contributed by atoms with E-state index < -0.39 is 0 Å². The zero-order valence-electron chi connectivity index (χ0n) is 11.6. The summed E-state index contributed by atoms with van der Waals surface area (Å²) in [5, 5.41) is 15.9. The Morgan fingerprint density at radius 1 is 1.47 bits per heavy atom. The van der Waals surface area contributed by atoms with E-state index in [1.54, 1.807) is 25.1 Å². The van der Waals surface area contributed by atoms with Crippen LogP contribution in [-0.2, 0) is 0 Å². The first-order valence-electron chi connectivity index (χ1n) is 6.90. The van der Waals surface area contributed by atoms with Crippen LogP contribution < -0.4 is 10.6 Å². The molecule has 2 rings (SSSR count). The molecule has 1 aliphatic heterocycles. The molecule has 19 heavy (non-hydrogen) atoms. The molecule has 4 heteroatoms. The van der Waals surface area contributed by atoms with Gasteiger partial charge < -0.3 is 15.7 Å². The van der Waals surface area contributed by atoms with Crippen molar-refractivity contribution in [1.29, 1.82) is 0 Å². The van der Waals surface area contributed by atoms with Crippen LogP contribution in [0.3, 0.4) is 0 Å². The van der Waals surface area contributed by atoms with Gasteiger partial charge in [-0.05, 0) is 50.5 Å². The van der Waals surface area contributed by atoms with Crippen molar-refractivity contribution in [2.75, 3.05) is 6.54 Å². The fraction of sp³-hybridized carbons (Fsp3) is 0.533. The third kappa shape index (κ3) is 3.70. The highest BCUT2D eigenvalue weighted by atomic mass is 16.3. The highest BCUT2D eigenvalue weighted by molar-refractivity contribution is 5.94. The van der Waals surface area contributed by atoms with Gasteiger partial charge in [-0.15, -0.1) is 0 Å². The van der Waals surface area contributed by atoms with Crippen LogP contribution in [-0.4, -0.2) is 29.6 Å². The van der Waals surface area contributed by atoms with Crippen molar-refractivity contribution in [3.63, 3.8) is 0 Å². The third-order valence-corrected chi connectivity index (χ3v) is 3.68. The molecular formula is C15H22N2O2. The second kappa shape index (κ2) is 6.06. The molecule has 1 heterocycles. The number of aromatic hydroxyl groups is 1. The summed E-state index contributed by atoms with van der Waals surface area (Å²) in [5.41, 5.74) is 1.32. The molecule has 0 spiro atoms. The largest absolute Gasteiger partial charge is 0.508 e. The van der Waals surface area contributed by atoms with Gasteiger partial charge in [0, 0.05) is 24.2 Å². The first kappa shape index (κ1) is 13.9. The Kier molecular flexibility index (Phi) is 4.43. The summed E-state index contributed by atoms with van der Waals surface area (Å²) < 4.78 is 0. The predicted molar refractivity (Wildman–Crippen MR) is 75.4 cm³/mol. The second-order valence-electron chi connectivity index (χ2n) is 5.41. The summed E-state index contributed by atoms with van der Waals surface area (Å²) in [6.07, 6.45) is 3.54. The van der Waals surface area contributed by atoms with E-state index >= 15 is 0 Å². The van der Waals surface area contributed by atoms with Gasteiger partial charge in [0.15, 0.2) is 0 Å². The van der Waals surface area contributed by atoms with Crippen molar-refractivity contribution >= 4 is 5.91 Å². The number of phenolic OH excluding ortho intramolecular Hbond substituents is 1. The summed E-state index contributed by atoms with van der Waals surface area (Å²) in [7, 11) is 0. The van der Waals surface area contributed by atoms with E-state index in [0.717, 1.165) is 12.0 Å². The van der Waals surface area contributed by atoms with E-state index in [4.69, 9.17) is 0 Å². The van der Waals surface area contributed by atoms with Crippen LogP contribution in [0.25, 0.3) is 0 Å². The average Bonchev–Trinajstić information content (AvgIpc) is 2.39. The van der Waals surface area contributed by atoms with Gasteiger partial charge in [-0.25, -0.2) is 0 Å². The van der Waals surface area contributed by atoms with E-state index in [1.807, 2.05) is 0 Å². The molecule has 0 saturated carbocycles. The maximum atomic E-state index is 12.0. The second-order valence-corrected chi connectivity index (χ2v) is 5.41. The number of carbonyl (C=O) groups is 1. The standard InChI is InChI=1S/C15H22N2O2/c1-10-8-12(6-7-14(10)18)15(19)16-9-13-5-3-4-11(2)17-13/h6-8,11,13,17-18H,3-5,9H2,1-2H3,(H,16,19). The van der Waals surface area contributed by atoms with Crippen LogP contribution in [0.5, 0.6) is 5.75 Å². The molecule has 4 nitrogen and oxygen atoms in total. The number of piperidine rings is 1. The topological polar surface area (TPSA) is 61.4 Å². The first-order chi connectivity index (χ1) is 9.06. The Morgan fingerprint density at radius 3 is 2.95 bits per heavy atom. The van der Waals surface area contributed by atoms with Crippen molar-refractivity contribution in [2.24, 2.45) is 0 Å². The van der Waals surface area contributed by atoms with Crippen LogP contribution in [0.4, 0.5) is 0 Å². The number of nitrogens with one attached hydrogen (secondary N) is 2. The minimum atomic E-state index is -0.0804. The molecule has 0 aromatic heterocycles. The normalized spacial score (nSPS) is 23.1. The fourth-order valence-electron chi connectivity index (χ4n) is 2.52. The van der Waals surface area contributed by atoms with Crippen LogP contribution in [0.15, 0.2) is 18.2 Å². The van der Waals surface area contributed by atoms with E-state index in [9.17, 15) is 9.90 Å². The molecule has 1 aliphatic rings. The number of rotatable bonds is 3. The molecular weight excluding hydrogens is 240 g/mol. The molecule has 1 aromatic rings. The maximum absolute atomic E-state index is 12.0. The number of phenols is 1. The van der Waals surface area contributed by atoms with Gasteiger partial charge in [0.05, 0.1) is 0 Å². The van der Waals surface area contributed by atoms with Gasteiger partial charge in [0.2, 0.25) is 0 Å². The zero-order valence-corrected chi connectivity index (χ0v) is 11.6. The Morgan fingerprint density at radius 2 is 2.26 bits per heavy atom. The molecule has 2 atom stereocenters. The smallest absolute Gasteiger partial charge is 0.251 e. The van der Waals surface area contributed by atoms with Gasteiger partial charge in [0.25, 0.3) is 5.91 Å². The van der Waals surface area contributed by atoms with E-state index in [2.05, 4.69) is 17.6 Å². The highest BCUT2D eigenvalue weighted by Crippen LogP contribution is 2.17. The number of hydrogen-bond donors (Lipinski definition) is 3. The van der Waals surface area contributed by atoms with E-state index in [0.29, 0.717) is 24.2 Å². The molecule has 0 radical (unpaired) electrons. The maximum Gasteiger partial charge on any atom is 0.251 e. The summed E-state index contributed by atoms with van der Waals surface area (Å²) in [6.45, 7) is 4.62. The van der Waals surface area contributed by atoms with E-state index in [-0.39, 0.29) is 11.7 Å². The quantitative estimate of drug-likeness (QED) is 0.780. The van der Waals surface area contributed by atoms with Gasteiger partial charge in [-0.3, -0.25) is 4.79 Å². The molecule has 0 aliphatic carbocycles. The Hall–Kier alpha value is -1.55. The molecule has 104 valence electrons. The van der Waals surface area contributed by atoms with Crippen LogP contribution >= 0.6 is 0 Å². The summed E-state index contributed by atoms with van der Waals surface area (Å²) in [5.74, 6) is 0.141. The predicted octanol–water partition coefficient (Wildman–Crippen LogP) is 1.96. The fourth-order valence-corrected chi connectivity index (χ4v) is 2.52. The number of carbonyl (C=O) groups excluding carboxylic acids is 1. The van der Waals surface area contributed by atoms with Gasteiger partial charge in [-0.2, -0.15) is 0 Å². The molecule has 1 aromatic carbocycles. The third-order valence-electron chi connectivity index (χ3n) is 3.68. The van der Waals surface area contributed by atoms with Crippen molar-refractivity contribution in [2.45, 2.75) is 45.2 Å². The van der Waals surface area contributed by atoms with Crippen LogP contribution in [0, 0.1) is 6.92 Å². The SMILES string of the molecule is Cc1cc(C(=O)NCC2CCCC(C)N2)ccc1O. The van der Waals surface area contributed by atoms with Gasteiger partial charge >= 0.3 is 0 Å². The highest BCUT2D eigenvalue weighted by Gasteiger charge is 2.18. The van der Waals surface area contributed by atoms with Crippen molar-refractivity contribution < 1.29 is 9.90 Å². The van der Waals surface area contributed by atoms with E-state index in [1.165, 1.54) is 12.8 Å². The van der Waals surface area contributed by atoms with Crippen molar-refractivity contribution in [3.8, 4) is 5.75 Å². The first-order valence-corrected chi connectivity index (χ1v) is 6.90. The monoisotopic (exact) mass is 262 g/mol. The molecule has 3 N–H and O–H groups in total. The Labute approximate surface area is 114 Å². The number of hydrogen-bond acceptors (Lipinski definition) is 3.